The number of unbranched alkanes of at least 4 members (excludes halogenated alkanes) is 1. The molecule has 0 heterocycles. The van der Waals surface area contributed by atoms with E-state index in [4.69, 9.17) is 5.11 Å². The third-order valence-corrected chi connectivity index (χ3v) is 2.63. The number of aliphatic carboxylic acids is 1. The Labute approximate surface area is 107 Å². The number of hydrogen-bond acceptors (Lipinski definition) is 2. The van der Waals surface area contributed by atoms with Crippen LogP contribution >= 0.6 is 0 Å². The number of nitrogens with one attached hydrogen (secondary N) is 1. The lowest BCUT2D eigenvalue weighted by Gasteiger charge is -2.11. The van der Waals surface area contributed by atoms with E-state index in [1.54, 1.807) is 0 Å². The van der Waals surface area contributed by atoms with Crippen molar-refractivity contribution in [3.05, 3.63) is 24.3 Å². The summed E-state index contributed by atoms with van der Waals surface area (Å²) in [7, 11) is 0. The van der Waals surface area contributed by atoms with Gasteiger partial charge in [0, 0.05) is 6.92 Å². The highest BCUT2D eigenvalue weighted by Crippen LogP contribution is 2.32. The number of carboxylic acid groups (broad SMARTS) is 1. The van der Waals surface area contributed by atoms with Gasteiger partial charge in [0.25, 0.3) is 0 Å². The lowest BCUT2D eigenvalue weighted by Crippen LogP contribution is -2.39. The van der Waals surface area contributed by atoms with Gasteiger partial charge in [-0.2, -0.15) is 0 Å². The van der Waals surface area contributed by atoms with Crippen molar-refractivity contribution in [1.29, 1.82) is 0 Å². The minimum atomic E-state index is -0.960. The van der Waals surface area contributed by atoms with Crippen LogP contribution in [0.2, 0.25) is 0 Å². The molecule has 2 N–H and O–H groups in total. The summed E-state index contributed by atoms with van der Waals surface area (Å²) in [5.74, 6) is -1.25. The molecule has 0 aromatic carbocycles. The van der Waals surface area contributed by atoms with E-state index >= 15 is 0 Å². The van der Waals surface area contributed by atoms with Crippen molar-refractivity contribution >= 4 is 11.9 Å². The van der Waals surface area contributed by atoms with Crippen molar-refractivity contribution in [2.45, 2.75) is 39.2 Å². The van der Waals surface area contributed by atoms with E-state index in [0.717, 1.165) is 12.8 Å². The Morgan fingerprint density at radius 3 is 2.22 bits per heavy atom. The molecule has 2 aliphatic carbocycles. The van der Waals surface area contributed by atoms with Crippen LogP contribution in [0.3, 0.4) is 0 Å². The summed E-state index contributed by atoms with van der Waals surface area (Å²) in [4.78, 5) is 21.1. The Morgan fingerprint density at radius 1 is 1.33 bits per heavy atom. The zero-order valence-corrected chi connectivity index (χ0v) is 10.8. The van der Waals surface area contributed by atoms with Gasteiger partial charge in [0.1, 0.15) is 6.04 Å². The molecule has 2 rings (SSSR count). The highest BCUT2D eigenvalue weighted by molar-refractivity contribution is 5.82. The molecule has 1 amide bonds. The molecule has 1 unspecified atom stereocenters. The molecule has 2 aliphatic rings. The van der Waals surface area contributed by atoms with Gasteiger partial charge in [0.05, 0.1) is 0 Å². The van der Waals surface area contributed by atoms with Crippen molar-refractivity contribution in [2.75, 3.05) is 0 Å². The van der Waals surface area contributed by atoms with Crippen LogP contribution in [0, 0.1) is 0 Å². The SMILES string of the molecule is CCCCC(NC(C)=O)C(=O)O.c1cc2cc-2c1. The fourth-order valence-electron chi connectivity index (χ4n) is 1.59. The van der Waals surface area contributed by atoms with Crippen LogP contribution in [0.5, 0.6) is 0 Å². The molecule has 0 radical (unpaired) electrons. The first-order valence-corrected chi connectivity index (χ1v) is 6.15. The second kappa shape index (κ2) is 6.79. The van der Waals surface area contributed by atoms with Gasteiger partial charge in [-0.25, -0.2) is 4.79 Å². The maximum Gasteiger partial charge on any atom is 0.326 e. The van der Waals surface area contributed by atoms with Gasteiger partial charge in [0.15, 0.2) is 0 Å². The first-order valence-electron chi connectivity index (χ1n) is 6.15. The quantitative estimate of drug-likeness (QED) is 0.855. The fraction of sp³-hybridized carbons (Fsp3) is 0.429. The second-order valence-corrected chi connectivity index (χ2v) is 4.31. The van der Waals surface area contributed by atoms with E-state index in [2.05, 4.69) is 29.6 Å². The highest BCUT2D eigenvalue weighted by atomic mass is 16.4. The fourth-order valence-corrected chi connectivity index (χ4v) is 1.59. The largest absolute Gasteiger partial charge is 0.480 e. The Morgan fingerprint density at radius 2 is 1.94 bits per heavy atom. The number of carboxylic acids is 1. The van der Waals surface area contributed by atoms with Crippen LogP contribution in [0.25, 0.3) is 11.1 Å². The van der Waals surface area contributed by atoms with Crippen LogP contribution in [0.1, 0.15) is 33.1 Å². The molecule has 0 aromatic rings. The van der Waals surface area contributed by atoms with Crippen LogP contribution in [0.4, 0.5) is 0 Å². The molecule has 1 atom stereocenters. The average Bonchev–Trinajstić information content (AvgIpc) is 2.91. The number of carbonyl (C=O) groups is 2. The van der Waals surface area contributed by atoms with Gasteiger partial charge in [-0.3, -0.25) is 4.79 Å². The number of amides is 1. The zero-order valence-electron chi connectivity index (χ0n) is 10.8. The molecular weight excluding hydrogens is 230 g/mol. The summed E-state index contributed by atoms with van der Waals surface area (Å²) in [6.45, 7) is 3.30. The third-order valence-electron chi connectivity index (χ3n) is 2.63. The van der Waals surface area contributed by atoms with Gasteiger partial charge < -0.3 is 10.4 Å². The number of rotatable bonds is 5. The molecule has 4 nitrogen and oxygen atoms in total. The molecule has 4 heteroatoms. The molecule has 0 saturated heterocycles. The lowest BCUT2D eigenvalue weighted by atomic mass is 10.1. The summed E-state index contributed by atoms with van der Waals surface area (Å²) in [6, 6.07) is 7.76. The van der Waals surface area contributed by atoms with E-state index < -0.39 is 12.0 Å². The van der Waals surface area contributed by atoms with E-state index in [9.17, 15) is 9.59 Å². The molecule has 98 valence electrons. The lowest BCUT2D eigenvalue weighted by molar-refractivity contribution is -0.141. The smallest absolute Gasteiger partial charge is 0.326 e. The van der Waals surface area contributed by atoms with Gasteiger partial charge in [-0.05, 0) is 23.6 Å². The summed E-state index contributed by atoms with van der Waals surface area (Å²) in [5.41, 5.74) is 2.85. The predicted octanol–water partition coefficient (Wildman–Crippen LogP) is 2.43. The molecule has 0 fully saturated rings. The molecule has 0 aliphatic heterocycles. The van der Waals surface area contributed by atoms with E-state index in [0.29, 0.717) is 6.42 Å². The predicted molar refractivity (Wildman–Crippen MR) is 70.2 cm³/mol. The number of fused-ring (bicyclic) bond motifs is 1. The van der Waals surface area contributed by atoms with Crippen LogP contribution < -0.4 is 5.32 Å². The monoisotopic (exact) mass is 249 g/mol. The van der Waals surface area contributed by atoms with Gasteiger partial charge >= 0.3 is 5.97 Å². The zero-order chi connectivity index (χ0) is 13.5. The number of hydrogen-bond donors (Lipinski definition) is 2. The summed E-state index contributed by atoms with van der Waals surface area (Å²) in [5, 5.41) is 11.0. The minimum Gasteiger partial charge on any atom is -0.480 e. The summed E-state index contributed by atoms with van der Waals surface area (Å²) < 4.78 is 0. The normalized spacial score (nSPS) is 11.9. The van der Waals surface area contributed by atoms with Crippen LogP contribution in [0.15, 0.2) is 24.3 Å². The Balaban J connectivity index is 0.000000217. The molecular formula is C14H19NO3. The van der Waals surface area contributed by atoms with Gasteiger partial charge in [0.2, 0.25) is 5.91 Å². The molecule has 18 heavy (non-hydrogen) atoms. The van der Waals surface area contributed by atoms with E-state index in [1.165, 1.54) is 18.1 Å². The molecule has 0 aromatic heterocycles. The van der Waals surface area contributed by atoms with Crippen molar-refractivity contribution in [1.82, 2.24) is 5.32 Å². The standard InChI is InChI=1S/C8H15NO3.C6H4/c1-3-4-5-7(8(11)12)9-6(2)10;1-2-5-4-6(5)3-1/h7H,3-5H2,1-2H3,(H,9,10)(H,11,12);1-4H. The third kappa shape index (κ3) is 4.99. The maximum atomic E-state index is 10.5. The second-order valence-electron chi connectivity index (χ2n) is 4.31. The van der Waals surface area contributed by atoms with Crippen molar-refractivity contribution < 1.29 is 14.7 Å². The Kier molecular flexibility index (Phi) is 5.36. The molecule has 0 saturated carbocycles. The summed E-state index contributed by atoms with van der Waals surface area (Å²) in [6.07, 6.45) is 2.26. The van der Waals surface area contributed by atoms with Crippen LogP contribution in [-0.4, -0.2) is 23.0 Å². The minimum absolute atomic E-state index is 0.293. The van der Waals surface area contributed by atoms with E-state index in [-0.39, 0.29) is 5.91 Å². The number of carbonyl (C=O) groups excluding carboxylic acids is 1. The van der Waals surface area contributed by atoms with Gasteiger partial charge in [-0.1, -0.05) is 38.0 Å². The van der Waals surface area contributed by atoms with Crippen LogP contribution in [-0.2, 0) is 9.59 Å². The maximum absolute atomic E-state index is 10.5. The Bertz CT molecular complexity index is 412. The molecule has 0 spiro atoms. The van der Waals surface area contributed by atoms with Crippen molar-refractivity contribution in [3.8, 4) is 11.1 Å². The van der Waals surface area contributed by atoms with Gasteiger partial charge in [-0.15, -0.1) is 0 Å². The van der Waals surface area contributed by atoms with Crippen molar-refractivity contribution in [3.63, 3.8) is 0 Å². The first-order chi connectivity index (χ1) is 8.54. The molecule has 0 bridgehead atoms. The van der Waals surface area contributed by atoms with E-state index in [1.807, 2.05) is 6.92 Å². The number of benzene rings is 1. The van der Waals surface area contributed by atoms with Crippen molar-refractivity contribution in [2.24, 2.45) is 0 Å². The summed E-state index contributed by atoms with van der Waals surface area (Å²) >= 11 is 0. The first kappa shape index (κ1) is 14.2. The topological polar surface area (TPSA) is 66.4 Å². The highest BCUT2D eigenvalue weighted by Gasteiger charge is 2.16. The Hall–Kier alpha value is -1.84. The average molecular weight is 249 g/mol.